The van der Waals surface area contributed by atoms with Crippen LogP contribution in [0.1, 0.15) is 20.8 Å². The molecule has 0 amide bonds. The number of methoxy groups -OCH3 is 1. The van der Waals surface area contributed by atoms with Crippen LogP contribution in [0.4, 0.5) is 0 Å². The second-order valence-corrected chi connectivity index (χ2v) is 7.02. The van der Waals surface area contributed by atoms with E-state index in [1.165, 1.54) is 19.2 Å². The van der Waals surface area contributed by atoms with Gasteiger partial charge in [-0.15, -0.1) is 0 Å². The smallest absolute Gasteiger partial charge is 0.240 e. The summed E-state index contributed by atoms with van der Waals surface area (Å²) in [4.78, 5) is 0.225. The number of hydrogen-bond donors (Lipinski definition) is 1. The van der Waals surface area contributed by atoms with Crippen LogP contribution in [0.15, 0.2) is 27.6 Å². The number of benzene rings is 1. The number of sulfonamides is 1. The van der Waals surface area contributed by atoms with Gasteiger partial charge in [-0.05, 0) is 47.0 Å². The first-order valence-corrected chi connectivity index (χ1v) is 7.91. The molecule has 0 aliphatic carbocycles. The molecule has 0 saturated carbocycles. The van der Waals surface area contributed by atoms with Crippen molar-refractivity contribution in [2.24, 2.45) is 5.92 Å². The third kappa shape index (κ3) is 3.70. The van der Waals surface area contributed by atoms with Crippen LogP contribution in [0.25, 0.3) is 0 Å². The molecule has 1 atom stereocenters. The topological polar surface area (TPSA) is 55.4 Å². The minimum atomic E-state index is -3.49. The lowest BCUT2D eigenvalue weighted by Crippen LogP contribution is -2.36. The Hall–Kier alpha value is -0.590. The molecule has 18 heavy (non-hydrogen) atoms. The van der Waals surface area contributed by atoms with Crippen LogP contribution < -0.4 is 9.46 Å². The van der Waals surface area contributed by atoms with E-state index in [-0.39, 0.29) is 16.9 Å². The van der Waals surface area contributed by atoms with Gasteiger partial charge in [0.05, 0.1) is 16.5 Å². The normalized spacial score (nSPS) is 13.7. The minimum absolute atomic E-state index is 0.115. The van der Waals surface area contributed by atoms with Crippen molar-refractivity contribution < 1.29 is 13.2 Å². The predicted molar refractivity (Wildman–Crippen MR) is 75.3 cm³/mol. The molecule has 0 aliphatic rings. The number of nitrogens with one attached hydrogen (secondary N) is 1. The van der Waals surface area contributed by atoms with Crippen LogP contribution >= 0.6 is 15.9 Å². The number of hydrogen-bond acceptors (Lipinski definition) is 3. The lowest BCUT2D eigenvalue weighted by Gasteiger charge is -2.17. The Balaban J connectivity index is 3.02. The molecule has 0 bridgehead atoms. The first kappa shape index (κ1) is 15.5. The second-order valence-electron chi connectivity index (χ2n) is 4.45. The fraction of sp³-hybridized carbons (Fsp3) is 0.500. The maximum atomic E-state index is 12.1. The first-order valence-electron chi connectivity index (χ1n) is 5.64. The van der Waals surface area contributed by atoms with E-state index in [2.05, 4.69) is 20.7 Å². The van der Waals surface area contributed by atoms with Crippen molar-refractivity contribution in [3.8, 4) is 5.75 Å². The molecule has 1 aromatic carbocycles. The molecule has 1 aromatic rings. The van der Waals surface area contributed by atoms with Crippen molar-refractivity contribution in [3.63, 3.8) is 0 Å². The molecular formula is C12H18BrNO3S. The summed E-state index contributed by atoms with van der Waals surface area (Å²) in [6, 6.07) is 4.57. The van der Waals surface area contributed by atoms with Gasteiger partial charge in [0.25, 0.3) is 0 Å². The Labute approximate surface area is 117 Å². The van der Waals surface area contributed by atoms with Gasteiger partial charge in [0.2, 0.25) is 10.0 Å². The summed E-state index contributed by atoms with van der Waals surface area (Å²) < 4.78 is 32.6. The Morgan fingerprint density at radius 2 is 1.89 bits per heavy atom. The molecular weight excluding hydrogens is 318 g/mol. The van der Waals surface area contributed by atoms with Crippen molar-refractivity contribution in [2.75, 3.05) is 7.11 Å². The molecule has 102 valence electrons. The number of rotatable bonds is 5. The van der Waals surface area contributed by atoms with Gasteiger partial charge >= 0.3 is 0 Å². The summed E-state index contributed by atoms with van der Waals surface area (Å²) in [5, 5.41) is 0. The summed E-state index contributed by atoms with van der Waals surface area (Å²) in [5.41, 5.74) is 0. The molecule has 1 unspecified atom stereocenters. The quantitative estimate of drug-likeness (QED) is 0.900. The Bertz CT molecular complexity index is 514. The zero-order valence-corrected chi connectivity index (χ0v) is 13.3. The molecule has 1 N–H and O–H groups in total. The van der Waals surface area contributed by atoms with E-state index < -0.39 is 10.0 Å². The molecule has 0 aromatic heterocycles. The van der Waals surface area contributed by atoms with Crippen molar-refractivity contribution >= 4 is 26.0 Å². The van der Waals surface area contributed by atoms with E-state index in [1.54, 1.807) is 6.07 Å². The Morgan fingerprint density at radius 1 is 1.28 bits per heavy atom. The second kappa shape index (κ2) is 6.04. The largest absolute Gasteiger partial charge is 0.496 e. The molecule has 0 heterocycles. The van der Waals surface area contributed by atoms with Crippen molar-refractivity contribution in [3.05, 3.63) is 22.7 Å². The van der Waals surface area contributed by atoms with Gasteiger partial charge in [-0.1, -0.05) is 13.8 Å². The van der Waals surface area contributed by atoms with E-state index in [4.69, 9.17) is 4.74 Å². The van der Waals surface area contributed by atoms with Crippen LogP contribution in [-0.4, -0.2) is 21.6 Å². The fourth-order valence-corrected chi connectivity index (χ4v) is 3.37. The summed E-state index contributed by atoms with van der Waals surface area (Å²) in [6.07, 6.45) is 0. The highest BCUT2D eigenvalue weighted by atomic mass is 79.9. The fourth-order valence-electron chi connectivity index (χ4n) is 1.26. The maximum absolute atomic E-state index is 12.1. The molecule has 0 spiro atoms. The van der Waals surface area contributed by atoms with Gasteiger partial charge in [0, 0.05) is 6.04 Å². The molecule has 0 radical (unpaired) electrons. The van der Waals surface area contributed by atoms with Crippen LogP contribution in [0.3, 0.4) is 0 Å². The van der Waals surface area contributed by atoms with E-state index in [0.29, 0.717) is 10.2 Å². The van der Waals surface area contributed by atoms with Crippen LogP contribution in [0, 0.1) is 5.92 Å². The summed E-state index contributed by atoms with van der Waals surface area (Å²) in [7, 11) is -1.95. The molecule has 6 heteroatoms. The van der Waals surface area contributed by atoms with Gasteiger partial charge in [-0.2, -0.15) is 0 Å². The van der Waals surface area contributed by atoms with Crippen molar-refractivity contribution in [1.29, 1.82) is 0 Å². The number of halogens is 1. The highest BCUT2D eigenvalue weighted by Crippen LogP contribution is 2.27. The molecule has 1 rings (SSSR count). The summed E-state index contributed by atoms with van der Waals surface area (Å²) in [5.74, 6) is 0.840. The van der Waals surface area contributed by atoms with Gasteiger partial charge < -0.3 is 4.74 Å². The van der Waals surface area contributed by atoms with Gasteiger partial charge in [0.15, 0.2) is 0 Å². The van der Waals surface area contributed by atoms with Gasteiger partial charge in [-0.25, -0.2) is 13.1 Å². The molecule has 4 nitrogen and oxygen atoms in total. The Kier molecular flexibility index (Phi) is 5.19. The maximum Gasteiger partial charge on any atom is 0.240 e. The average molecular weight is 336 g/mol. The lowest BCUT2D eigenvalue weighted by atomic mass is 10.1. The van der Waals surface area contributed by atoms with E-state index in [1.807, 2.05) is 20.8 Å². The van der Waals surface area contributed by atoms with Gasteiger partial charge in [-0.3, -0.25) is 0 Å². The zero-order valence-electron chi connectivity index (χ0n) is 10.9. The van der Waals surface area contributed by atoms with Gasteiger partial charge in [0.1, 0.15) is 5.75 Å². The predicted octanol–water partition coefficient (Wildman–Crippen LogP) is 2.78. The number of ether oxygens (including phenoxy) is 1. The minimum Gasteiger partial charge on any atom is -0.496 e. The highest BCUT2D eigenvalue weighted by molar-refractivity contribution is 9.10. The van der Waals surface area contributed by atoms with Crippen LogP contribution in [-0.2, 0) is 10.0 Å². The van der Waals surface area contributed by atoms with E-state index in [9.17, 15) is 8.42 Å². The third-order valence-corrected chi connectivity index (χ3v) is 4.95. The monoisotopic (exact) mass is 335 g/mol. The molecule has 0 saturated heterocycles. The standard InChI is InChI=1S/C12H18BrNO3S/c1-8(2)9(3)14-18(15,16)10-5-6-12(17-4)11(13)7-10/h5-9,14H,1-4H3. The molecule has 0 aliphatic heterocycles. The first-order chi connectivity index (χ1) is 8.27. The summed E-state index contributed by atoms with van der Waals surface area (Å²) >= 11 is 3.28. The SMILES string of the molecule is COc1ccc(S(=O)(=O)NC(C)C(C)C)cc1Br. The van der Waals surface area contributed by atoms with E-state index in [0.717, 1.165) is 0 Å². The van der Waals surface area contributed by atoms with Crippen LogP contribution in [0.2, 0.25) is 0 Å². The van der Waals surface area contributed by atoms with E-state index >= 15 is 0 Å². The lowest BCUT2D eigenvalue weighted by molar-refractivity contribution is 0.411. The van der Waals surface area contributed by atoms with Crippen LogP contribution in [0.5, 0.6) is 5.75 Å². The summed E-state index contributed by atoms with van der Waals surface area (Å²) in [6.45, 7) is 5.79. The van der Waals surface area contributed by atoms with Crippen molar-refractivity contribution in [1.82, 2.24) is 4.72 Å². The highest BCUT2D eigenvalue weighted by Gasteiger charge is 2.20. The van der Waals surface area contributed by atoms with Crippen molar-refractivity contribution in [2.45, 2.75) is 31.7 Å². The Morgan fingerprint density at radius 3 is 2.33 bits per heavy atom. The average Bonchev–Trinajstić information content (AvgIpc) is 2.28. The third-order valence-electron chi connectivity index (χ3n) is 2.77. The zero-order chi connectivity index (χ0) is 13.9. The molecule has 0 fully saturated rings.